The van der Waals surface area contributed by atoms with Crippen molar-refractivity contribution in [3.05, 3.63) is 0 Å². The van der Waals surface area contributed by atoms with Crippen LogP contribution < -0.4 is 0 Å². The Kier molecular flexibility index (Phi) is 3.07. The summed E-state index contributed by atoms with van der Waals surface area (Å²) < 4.78 is 5.48. The van der Waals surface area contributed by atoms with Gasteiger partial charge in [0.05, 0.1) is 12.2 Å². The summed E-state index contributed by atoms with van der Waals surface area (Å²) in [5.41, 5.74) is -0.680. The average molecular weight is 162 g/mol. The van der Waals surface area contributed by atoms with E-state index in [4.69, 9.17) is 4.43 Å². The van der Waals surface area contributed by atoms with Crippen molar-refractivity contribution in [3.8, 4) is 0 Å². The maximum absolute atomic E-state index is 9.28. The van der Waals surface area contributed by atoms with Gasteiger partial charge < -0.3 is 9.53 Å². The van der Waals surface area contributed by atoms with Crippen molar-refractivity contribution in [1.82, 2.24) is 0 Å². The molecule has 0 bridgehead atoms. The van der Waals surface area contributed by atoms with Gasteiger partial charge in [0, 0.05) is 0 Å². The van der Waals surface area contributed by atoms with Gasteiger partial charge in [0.15, 0.2) is 8.32 Å². The van der Waals surface area contributed by atoms with Crippen LogP contribution in [0.4, 0.5) is 0 Å². The molecule has 1 N–H and O–H groups in total. The second-order valence-corrected chi connectivity index (χ2v) is 8.73. The van der Waals surface area contributed by atoms with Gasteiger partial charge in [-0.15, -0.1) is 0 Å². The fraction of sp³-hybridized carbons (Fsp3) is 1.00. The molecule has 0 radical (unpaired) electrons. The van der Waals surface area contributed by atoms with Gasteiger partial charge in [-0.2, -0.15) is 0 Å². The van der Waals surface area contributed by atoms with Crippen molar-refractivity contribution in [2.75, 3.05) is 6.61 Å². The Morgan fingerprint density at radius 2 is 1.70 bits per heavy atom. The molecule has 62 valence electrons. The van der Waals surface area contributed by atoms with E-state index < -0.39 is 13.9 Å². The molecule has 0 atom stereocenters. The number of hydrogen-bond acceptors (Lipinski definition) is 2. The van der Waals surface area contributed by atoms with Crippen LogP contribution >= 0.6 is 0 Å². The van der Waals surface area contributed by atoms with Crippen molar-refractivity contribution in [2.45, 2.75) is 39.1 Å². The highest BCUT2D eigenvalue weighted by Gasteiger charge is 2.20. The van der Waals surface area contributed by atoms with Crippen molar-refractivity contribution >= 4 is 8.32 Å². The fourth-order valence-corrected chi connectivity index (χ4v) is 1.18. The molecule has 3 heteroatoms. The molecular formula is C7H18O2Si. The van der Waals surface area contributed by atoms with E-state index in [1.807, 2.05) is 0 Å². The molecule has 0 aromatic rings. The Balaban J connectivity index is 3.56. The lowest BCUT2D eigenvalue weighted by atomic mass is 10.2. The van der Waals surface area contributed by atoms with Crippen LogP contribution in [0.5, 0.6) is 0 Å². The van der Waals surface area contributed by atoms with Crippen molar-refractivity contribution in [1.29, 1.82) is 0 Å². The summed E-state index contributed by atoms with van der Waals surface area (Å²) in [5.74, 6) is 0. The summed E-state index contributed by atoms with van der Waals surface area (Å²) in [6.45, 7) is 10.3. The molecule has 0 amide bonds. The topological polar surface area (TPSA) is 29.5 Å². The van der Waals surface area contributed by atoms with Gasteiger partial charge in [0.2, 0.25) is 0 Å². The normalized spacial score (nSPS) is 13.8. The summed E-state index contributed by atoms with van der Waals surface area (Å²) in [6.07, 6.45) is 0. The van der Waals surface area contributed by atoms with Crippen LogP contribution in [0.25, 0.3) is 0 Å². The molecule has 0 aliphatic carbocycles. The molecule has 0 aliphatic rings. The first-order valence-corrected chi connectivity index (χ1v) is 6.98. The molecule has 0 aromatic heterocycles. The smallest absolute Gasteiger partial charge is 0.183 e. The van der Waals surface area contributed by atoms with E-state index >= 15 is 0 Å². The predicted molar refractivity (Wildman–Crippen MR) is 45.6 cm³/mol. The van der Waals surface area contributed by atoms with Gasteiger partial charge >= 0.3 is 0 Å². The quantitative estimate of drug-likeness (QED) is 0.639. The van der Waals surface area contributed by atoms with Gasteiger partial charge in [0.1, 0.15) is 0 Å². The zero-order chi connectivity index (χ0) is 8.41. The molecule has 0 rings (SSSR count). The van der Waals surface area contributed by atoms with E-state index in [-0.39, 0.29) is 0 Å². The van der Waals surface area contributed by atoms with Gasteiger partial charge in [-0.05, 0) is 33.5 Å². The monoisotopic (exact) mass is 162 g/mol. The second-order valence-electron chi connectivity index (χ2n) is 4.21. The average Bonchev–Trinajstić information content (AvgIpc) is 1.57. The third-order valence-electron chi connectivity index (χ3n) is 0.858. The highest BCUT2D eigenvalue weighted by Crippen LogP contribution is 2.08. The molecular weight excluding hydrogens is 144 g/mol. The Bertz CT molecular complexity index is 85.2. The zero-order valence-corrected chi connectivity index (χ0v) is 8.56. The lowest BCUT2D eigenvalue weighted by molar-refractivity contribution is 0.0255. The van der Waals surface area contributed by atoms with E-state index in [1.165, 1.54) is 0 Å². The molecule has 0 spiro atoms. The molecule has 2 nitrogen and oxygen atoms in total. The van der Waals surface area contributed by atoms with Gasteiger partial charge in [-0.25, -0.2) is 0 Å². The molecule has 10 heavy (non-hydrogen) atoms. The van der Waals surface area contributed by atoms with Crippen LogP contribution in [0.3, 0.4) is 0 Å². The Labute approximate surface area is 64.3 Å². The molecule has 0 saturated carbocycles. The van der Waals surface area contributed by atoms with Gasteiger partial charge in [0.25, 0.3) is 0 Å². The molecule has 0 aromatic carbocycles. The summed E-state index contributed by atoms with van der Waals surface area (Å²) >= 11 is 0. The number of hydrogen-bond donors (Lipinski definition) is 1. The van der Waals surface area contributed by atoms with E-state index in [1.54, 1.807) is 13.8 Å². The minimum atomic E-state index is -1.43. The van der Waals surface area contributed by atoms with Crippen LogP contribution in [-0.2, 0) is 4.43 Å². The third kappa shape index (κ3) is 8.14. The van der Waals surface area contributed by atoms with Gasteiger partial charge in [-0.3, -0.25) is 0 Å². The maximum Gasteiger partial charge on any atom is 0.183 e. The summed E-state index contributed by atoms with van der Waals surface area (Å²) in [6, 6.07) is 0. The summed E-state index contributed by atoms with van der Waals surface area (Å²) in [4.78, 5) is 0. The van der Waals surface area contributed by atoms with Crippen LogP contribution in [0, 0.1) is 0 Å². The summed E-state index contributed by atoms with van der Waals surface area (Å²) in [7, 11) is -1.43. The second kappa shape index (κ2) is 3.03. The fourth-order valence-electron chi connectivity index (χ4n) is 0.393. The minimum absolute atomic E-state index is 0.447. The maximum atomic E-state index is 9.28. The van der Waals surface area contributed by atoms with Crippen molar-refractivity contribution in [3.63, 3.8) is 0 Å². The molecule has 0 aliphatic heterocycles. The van der Waals surface area contributed by atoms with Crippen LogP contribution in [0.1, 0.15) is 13.8 Å². The lowest BCUT2D eigenvalue weighted by Crippen LogP contribution is -2.35. The standard InChI is InChI=1S/C7H18O2Si/c1-7(2,8)6-9-10(3,4)5/h8H,6H2,1-5H3. The molecule has 0 heterocycles. The lowest BCUT2D eigenvalue weighted by Gasteiger charge is -2.24. The molecule has 0 saturated heterocycles. The minimum Gasteiger partial charge on any atom is -0.415 e. The predicted octanol–water partition coefficient (Wildman–Crippen LogP) is 1.61. The highest BCUT2D eigenvalue weighted by atomic mass is 28.4. The van der Waals surface area contributed by atoms with Gasteiger partial charge in [-0.1, -0.05) is 0 Å². The highest BCUT2D eigenvalue weighted by molar-refractivity contribution is 6.69. The first-order chi connectivity index (χ1) is 4.21. The Hall–Kier alpha value is 0.137. The Morgan fingerprint density at radius 3 is 1.80 bits per heavy atom. The van der Waals surface area contributed by atoms with Crippen LogP contribution in [0.15, 0.2) is 0 Å². The van der Waals surface area contributed by atoms with Crippen LogP contribution in [0.2, 0.25) is 19.6 Å². The zero-order valence-electron chi connectivity index (χ0n) is 7.56. The molecule has 0 fully saturated rings. The SMILES string of the molecule is CC(C)(O)CO[Si](C)(C)C. The first kappa shape index (κ1) is 10.1. The number of aliphatic hydroxyl groups is 1. The van der Waals surface area contributed by atoms with E-state index in [9.17, 15) is 5.11 Å². The van der Waals surface area contributed by atoms with E-state index in [2.05, 4.69) is 19.6 Å². The Morgan fingerprint density at radius 1 is 1.30 bits per heavy atom. The molecule has 0 unspecified atom stereocenters. The number of rotatable bonds is 3. The third-order valence-corrected chi connectivity index (χ3v) is 1.87. The van der Waals surface area contributed by atoms with E-state index in [0.29, 0.717) is 6.61 Å². The van der Waals surface area contributed by atoms with E-state index in [0.717, 1.165) is 0 Å². The largest absolute Gasteiger partial charge is 0.415 e. The van der Waals surface area contributed by atoms with Crippen molar-refractivity contribution in [2.24, 2.45) is 0 Å². The summed E-state index contributed by atoms with van der Waals surface area (Å²) in [5, 5.41) is 9.28. The first-order valence-electron chi connectivity index (χ1n) is 3.57. The van der Waals surface area contributed by atoms with Crippen LogP contribution in [-0.4, -0.2) is 25.6 Å². The van der Waals surface area contributed by atoms with Crippen molar-refractivity contribution < 1.29 is 9.53 Å².